The van der Waals surface area contributed by atoms with Crippen LogP contribution in [0.3, 0.4) is 0 Å². The van der Waals surface area contributed by atoms with E-state index < -0.39 is 0 Å². The van der Waals surface area contributed by atoms with E-state index in [0.29, 0.717) is 13.0 Å². The summed E-state index contributed by atoms with van der Waals surface area (Å²) in [6, 6.07) is 5.68. The Balaban J connectivity index is 1.99. The Hall–Kier alpha value is -1.46. The fourth-order valence-electron chi connectivity index (χ4n) is 1.63. The Morgan fingerprint density at radius 1 is 1.32 bits per heavy atom. The zero-order valence-corrected chi connectivity index (χ0v) is 11.9. The monoisotopic (exact) mass is 264 g/mol. The molecule has 0 atom stereocenters. The van der Waals surface area contributed by atoms with E-state index in [2.05, 4.69) is 34.6 Å². The van der Waals surface area contributed by atoms with Crippen molar-refractivity contribution in [3.05, 3.63) is 30.1 Å². The molecule has 0 bridgehead atoms. The molecule has 5 heteroatoms. The summed E-state index contributed by atoms with van der Waals surface area (Å²) < 4.78 is 0. The molecule has 0 saturated heterocycles. The highest BCUT2D eigenvalue weighted by molar-refractivity contribution is 5.75. The smallest absolute Gasteiger partial charge is 0.221 e. The van der Waals surface area contributed by atoms with Crippen molar-refractivity contribution in [3.8, 4) is 0 Å². The molecule has 0 fully saturated rings. The number of nitrogens with one attached hydrogen (secondary N) is 2. The van der Waals surface area contributed by atoms with E-state index in [-0.39, 0.29) is 5.91 Å². The van der Waals surface area contributed by atoms with Crippen molar-refractivity contribution in [2.24, 2.45) is 0 Å². The van der Waals surface area contributed by atoms with Gasteiger partial charge in [-0.15, -0.1) is 0 Å². The lowest BCUT2D eigenvalue weighted by molar-refractivity contribution is -0.121. The van der Waals surface area contributed by atoms with Crippen LogP contribution in [0.1, 0.15) is 18.5 Å². The molecule has 0 unspecified atom stereocenters. The Morgan fingerprint density at radius 2 is 2.16 bits per heavy atom. The molecular formula is C14H24N4O. The molecule has 0 aliphatic carbocycles. The first-order chi connectivity index (χ1) is 9.18. The molecule has 1 heterocycles. The molecule has 2 N–H and O–H groups in total. The van der Waals surface area contributed by atoms with Crippen molar-refractivity contribution in [2.75, 3.05) is 33.7 Å². The highest BCUT2D eigenvalue weighted by Gasteiger charge is 2.01. The molecule has 19 heavy (non-hydrogen) atoms. The van der Waals surface area contributed by atoms with Crippen LogP contribution in [0.4, 0.5) is 0 Å². The number of carbonyl (C=O) groups excluding carboxylic acids is 1. The Labute approximate surface area is 115 Å². The fourth-order valence-corrected chi connectivity index (χ4v) is 1.63. The van der Waals surface area contributed by atoms with Crippen molar-refractivity contribution < 1.29 is 4.79 Å². The quantitative estimate of drug-likeness (QED) is 0.642. The van der Waals surface area contributed by atoms with Crippen molar-refractivity contribution in [1.82, 2.24) is 20.5 Å². The van der Waals surface area contributed by atoms with Crippen molar-refractivity contribution in [2.45, 2.75) is 19.4 Å². The van der Waals surface area contributed by atoms with Crippen molar-refractivity contribution in [3.63, 3.8) is 0 Å². The van der Waals surface area contributed by atoms with Gasteiger partial charge >= 0.3 is 0 Å². The van der Waals surface area contributed by atoms with Crippen LogP contribution < -0.4 is 10.6 Å². The predicted octanol–water partition coefficient (Wildman–Crippen LogP) is 0.629. The minimum atomic E-state index is 0.0609. The SMILES string of the molecule is CN(C)CCCNCCC(=O)NCc1ccccn1. The second-order valence-electron chi connectivity index (χ2n) is 4.75. The zero-order valence-electron chi connectivity index (χ0n) is 11.9. The first-order valence-corrected chi connectivity index (χ1v) is 6.70. The molecule has 0 saturated carbocycles. The van der Waals surface area contributed by atoms with E-state index in [0.717, 1.165) is 31.7 Å². The van der Waals surface area contributed by atoms with E-state index in [1.807, 2.05) is 18.2 Å². The summed E-state index contributed by atoms with van der Waals surface area (Å²) in [7, 11) is 4.12. The minimum absolute atomic E-state index is 0.0609. The van der Waals surface area contributed by atoms with Gasteiger partial charge in [-0.2, -0.15) is 0 Å². The second-order valence-corrected chi connectivity index (χ2v) is 4.75. The Bertz CT molecular complexity index is 354. The van der Waals surface area contributed by atoms with Gasteiger partial charge in [0.05, 0.1) is 12.2 Å². The molecule has 5 nitrogen and oxygen atoms in total. The van der Waals surface area contributed by atoms with Crippen LogP contribution in [-0.4, -0.2) is 49.5 Å². The fraction of sp³-hybridized carbons (Fsp3) is 0.571. The maximum Gasteiger partial charge on any atom is 0.221 e. The summed E-state index contributed by atoms with van der Waals surface area (Å²) in [6.07, 6.45) is 3.34. The van der Waals surface area contributed by atoms with Crippen LogP contribution in [-0.2, 0) is 11.3 Å². The third-order valence-corrected chi connectivity index (χ3v) is 2.68. The number of amides is 1. The summed E-state index contributed by atoms with van der Waals surface area (Å²) in [5, 5.41) is 6.13. The predicted molar refractivity (Wildman–Crippen MR) is 76.7 cm³/mol. The van der Waals surface area contributed by atoms with Gasteiger partial charge in [0.1, 0.15) is 0 Å². The second kappa shape index (κ2) is 9.47. The lowest BCUT2D eigenvalue weighted by atomic mass is 10.3. The van der Waals surface area contributed by atoms with E-state index >= 15 is 0 Å². The highest BCUT2D eigenvalue weighted by Crippen LogP contribution is 1.92. The number of nitrogens with zero attached hydrogens (tertiary/aromatic N) is 2. The largest absolute Gasteiger partial charge is 0.350 e. The summed E-state index contributed by atoms with van der Waals surface area (Å²) >= 11 is 0. The van der Waals surface area contributed by atoms with Gasteiger partial charge in [-0.25, -0.2) is 0 Å². The van der Waals surface area contributed by atoms with Gasteiger partial charge in [-0.3, -0.25) is 9.78 Å². The van der Waals surface area contributed by atoms with E-state index in [1.165, 1.54) is 0 Å². The average molecular weight is 264 g/mol. The topological polar surface area (TPSA) is 57.3 Å². The van der Waals surface area contributed by atoms with Crippen LogP contribution in [0.25, 0.3) is 0 Å². The summed E-state index contributed by atoms with van der Waals surface area (Å²) in [5.74, 6) is 0.0609. The van der Waals surface area contributed by atoms with Crippen LogP contribution in [0.5, 0.6) is 0 Å². The van der Waals surface area contributed by atoms with Crippen molar-refractivity contribution >= 4 is 5.91 Å². The van der Waals surface area contributed by atoms with Crippen LogP contribution in [0, 0.1) is 0 Å². The summed E-state index contributed by atoms with van der Waals surface area (Å²) in [5.41, 5.74) is 0.884. The van der Waals surface area contributed by atoms with Gasteiger partial charge < -0.3 is 15.5 Å². The Morgan fingerprint density at radius 3 is 2.84 bits per heavy atom. The number of aromatic nitrogens is 1. The molecule has 0 spiro atoms. The molecular weight excluding hydrogens is 240 g/mol. The molecule has 1 rings (SSSR count). The van der Waals surface area contributed by atoms with Crippen LogP contribution in [0.15, 0.2) is 24.4 Å². The van der Waals surface area contributed by atoms with Gasteiger partial charge in [0.2, 0.25) is 5.91 Å². The van der Waals surface area contributed by atoms with Gasteiger partial charge in [-0.1, -0.05) is 6.07 Å². The maximum atomic E-state index is 11.6. The van der Waals surface area contributed by atoms with E-state index in [1.54, 1.807) is 6.20 Å². The summed E-state index contributed by atoms with van der Waals surface area (Å²) in [4.78, 5) is 17.9. The molecule has 0 aliphatic rings. The number of pyridine rings is 1. The number of rotatable bonds is 9. The van der Waals surface area contributed by atoms with Gasteiger partial charge in [0.15, 0.2) is 0 Å². The summed E-state index contributed by atoms with van der Waals surface area (Å²) in [6.45, 7) is 3.24. The molecule has 0 radical (unpaired) electrons. The maximum absolute atomic E-state index is 11.6. The average Bonchev–Trinajstić information content (AvgIpc) is 2.41. The first-order valence-electron chi connectivity index (χ1n) is 6.70. The van der Waals surface area contributed by atoms with E-state index in [4.69, 9.17) is 0 Å². The molecule has 0 aromatic carbocycles. The minimum Gasteiger partial charge on any atom is -0.350 e. The normalized spacial score (nSPS) is 10.7. The third kappa shape index (κ3) is 8.29. The van der Waals surface area contributed by atoms with Crippen LogP contribution >= 0.6 is 0 Å². The van der Waals surface area contributed by atoms with Gasteiger partial charge in [-0.05, 0) is 45.7 Å². The lowest BCUT2D eigenvalue weighted by Gasteiger charge is -2.09. The standard InChI is InChI=1S/C14H24N4O/c1-18(2)11-5-8-15-10-7-14(19)17-12-13-6-3-4-9-16-13/h3-4,6,9,15H,5,7-8,10-12H2,1-2H3,(H,17,19). The first kappa shape index (κ1) is 15.6. The molecule has 1 aromatic heterocycles. The lowest BCUT2D eigenvalue weighted by Crippen LogP contribution is -2.28. The number of hydrogen-bond donors (Lipinski definition) is 2. The molecule has 1 amide bonds. The Kier molecular flexibility index (Phi) is 7.77. The zero-order chi connectivity index (χ0) is 13.9. The highest BCUT2D eigenvalue weighted by atomic mass is 16.1. The van der Waals surface area contributed by atoms with Crippen LogP contribution in [0.2, 0.25) is 0 Å². The van der Waals surface area contributed by atoms with Gasteiger partial charge in [0.25, 0.3) is 0 Å². The molecule has 1 aromatic rings. The number of carbonyl (C=O) groups is 1. The number of hydrogen-bond acceptors (Lipinski definition) is 4. The van der Waals surface area contributed by atoms with Crippen molar-refractivity contribution in [1.29, 1.82) is 0 Å². The van der Waals surface area contributed by atoms with E-state index in [9.17, 15) is 4.79 Å². The van der Waals surface area contributed by atoms with Gasteiger partial charge in [0, 0.05) is 19.2 Å². The third-order valence-electron chi connectivity index (χ3n) is 2.68. The molecule has 0 aliphatic heterocycles. The molecule has 106 valence electrons.